The van der Waals surface area contributed by atoms with Crippen molar-refractivity contribution >= 4 is 11.9 Å². The van der Waals surface area contributed by atoms with E-state index in [9.17, 15) is 4.79 Å². The van der Waals surface area contributed by atoms with Gasteiger partial charge in [-0.1, -0.05) is 23.8 Å². The topological polar surface area (TPSA) is 63.6 Å². The van der Waals surface area contributed by atoms with Gasteiger partial charge in [0.2, 0.25) is 0 Å². The van der Waals surface area contributed by atoms with Gasteiger partial charge in [-0.3, -0.25) is 15.1 Å². The van der Waals surface area contributed by atoms with Crippen molar-refractivity contribution < 1.29 is 9.53 Å². The Labute approximate surface area is 130 Å². The van der Waals surface area contributed by atoms with E-state index < -0.39 is 0 Å². The normalized spacial score (nSPS) is 11.1. The number of pyridine rings is 1. The van der Waals surface area contributed by atoms with Gasteiger partial charge in [0.15, 0.2) is 0 Å². The lowest BCUT2D eigenvalue weighted by Crippen LogP contribution is -2.32. The minimum atomic E-state index is -0.238. The van der Waals surface area contributed by atoms with Gasteiger partial charge in [0.25, 0.3) is 11.9 Å². The summed E-state index contributed by atoms with van der Waals surface area (Å²) in [5.41, 5.74) is 2.62. The molecule has 0 radical (unpaired) electrons. The van der Waals surface area contributed by atoms with Crippen molar-refractivity contribution in [2.45, 2.75) is 20.4 Å². The number of nitrogens with one attached hydrogen (secondary N) is 1. The van der Waals surface area contributed by atoms with Gasteiger partial charge in [-0.15, -0.1) is 0 Å². The molecule has 5 nitrogen and oxygen atoms in total. The van der Waals surface area contributed by atoms with Crippen LogP contribution < -0.4 is 5.32 Å². The standard InChI is InChI=1S/C17H19N3O2/c1-3-22-17(19-12-14-5-4-10-18-11-14)20-16(21)15-8-6-13(2)7-9-15/h4-11H,3,12H2,1-2H3,(H,19,20,21). The van der Waals surface area contributed by atoms with Crippen molar-refractivity contribution in [3.05, 3.63) is 65.5 Å². The molecule has 5 heteroatoms. The van der Waals surface area contributed by atoms with Gasteiger partial charge in [-0.05, 0) is 37.6 Å². The Morgan fingerprint density at radius 2 is 2.05 bits per heavy atom. The van der Waals surface area contributed by atoms with Gasteiger partial charge in [0, 0.05) is 18.0 Å². The Hall–Kier alpha value is -2.69. The second kappa shape index (κ2) is 7.93. The van der Waals surface area contributed by atoms with Crippen LogP contribution in [0.2, 0.25) is 0 Å². The molecule has 0 saturated carbocycles. The maximum atomic E-state index is 12.2. The molecule has 2 rings (SSSR count). The summed E-state index contributed by atoms with van der Waals surface area (Å²) < 4.78 is 5.38. The molecular formula is C17H19N3O2. The highest BCUT2D eigenvalue weighted by molar-refractivity contribution is 6.04. The van der Waals surface area contributed by atoms with Gasteiger partial charge in [-0.2, -0.15) is 0 Å². The largest absolute Gasteiger partial charge is 0.465 e. The molecule has 1 amide bonds. The molecule has 0 saturated heterocycles. The van der Waals surface area contributed by atoms with Crippen molar-refractivity contribution in [1.82, 2.24) is 10.3 Å². The molecule has 0 fully saturated rings. The minimum absolute atomic E-state index is 0.219. The second-order valence-electron chi connectivity index (χ2n) is 4.74. The number of hydrogen-bond acceptors (Lipinski definition) is 4. The number of aliphatic imine (C=N–C) groups is 1. The van der Waals surface area contributed by atoms with Crippen LogP contribution in [0.1, 0.15) is 28.4 Å². The van der Waals surface area contributed by atoms with Crippen molar-refractivity contribution in [2.75, 3.05) is 6.61 Å². The zero-order chi connectivity index (χ0) is 15.8. The molecule has 1 aromatic carbocycles. The number of benzene rings is 1. The summed E-state index contributed by atoms with van der Waals surface area (Å²) in [6, 6.07) is 11.3. The fourth-order valence-electron chi connectivity index (χ4n) is 1.79. The molecule has 1 N–H and O–H groups in total. The van der Waals surface area contributed by atoms with Crippen LogP contribution in [0.15, 0.2) is 53.8 Å². The molecule has 2 aromatic rings. The molecular weight excluding hydrogens is 278 g/mol. The first-order valence-electron chi connectivity index (χ1n) is 7.13. The fraction of sp³-hybridized carbons (Fsp3) is 0.235. The number of ether oxygens (including phenoxy) is 1. The van der Waals surface area contributed by atoms with E-state index in [0.717, 1.165) is 11.1 Å². The van der Waals surface area contributed by atoms with E-state index in [2.05, 4.69) is 15.3 Å². The number of nitrogens with zero attached hydrogens (tertiary/aromatic N) is 2. The molecule has 0 atom stereocenters. The number of aryl methyl sites for hydroxylation is 1. The average Bonchev–Trinajstić information content (AvgIpc) is 2.54. The van der Waals surface area contributed by atoms with Crippen molar-refractivity contribution in [2.24, 2.45) is 4.99 Å². The van der Waals surface area contributed by atoms with E-state index in [1.54, 1.807) is 24.5 Å². The van der Waals surface area contributed by atoms with Crippen molar-refractivity contribution in [3.63, 3.8) is 0 Å². The highest BCUT2D eigenvalue weighted by atomic mass is 16.5. The predicted octanol–water partition coefficient (Wildman–Crippen LogP) is 2.71. The van der Waals surface area contributed by atoms with Crippen LogP contribution in [0.5, 0.6) is 0 Å². The summed E-state index contributed by atoms with van der Waals surface area (Å²) in [5, 5.41) is 2.69. The maximum Gasteiger partial charge on any atom is 0.292 e. The first kappa shape index (κ1) is 15.7. The summed E-state index contributed by atoms with van der Waals surface area (Å²) >= 11 is 0. The van der Waals surface area contributed by atoms with Crippen LogP contribution in [0.3, 0.4) is 0 Å². The SMILES string of the molecule is CCOC(=NCc1cccnc1)NC(=O)c1ccc(C)cc1. The lowest BCUT2D eigenvalue weighted by Gasteiger charge is -2.09. The van der Waals surface area contributed by atoms with E-state index in [-0.39, 0.29) is 11.9 Å². The number of hydrogen-bond donors (Lipinski definition) is 1. The van der Waals surface area contributed by atoms with Crippen molar-refractivity contribution in [3.8, 4) is 0 Å². The molecule has 0 spiro atoms. The number of carbonyl (C=O) groups excluding carboxylic acids is 1. The molecule has 0 bridgehead atoms. The van der Waals surface area contributed by atoms with E-state index in [0.29, 0.717) is 18.7 Å². The zero-order valence-corrected chi connectivity index (χ0v) is 12.7. The smallest absolute Gasteiger partial charge is 0.292 e. The van der Waals surface area contributed by atoms with Gasteiger partial charge in [0.1, 0.15) is 0 Å². The van der Waals surface area contributed by atoms with Gasteiger partial charge in [-0.25, -0.2) is 4.99 Å². The van der Waals surface area contributed by atoms with Crippen molar-refractivity contribution in [1.29, 1.82) is 0 Å². The van der Waals surface area contributed by atoms with Crippen LogP contribution in [-0.4, -0.2) is 23.5 Å². The van der Waals surface area contributed by atoms with Crippen LogP contribution in [0.25, 0.3) is 0 Å². The minimum Gasteiger partial charge on any atom is -0.465 e. The van der Waals surface area contributed by atoms with Crippen LogP contribution in [-0.2, 0) is 11.3 Å². The molecule has 0 unspecified atom stereocenters. The number of carbonyl (C=O) groups is 1. The Kier molecular flexibility index (Phi) is 5.65. The average molecular weight is 297 g/mol. The predicted molar refractivity (Wildman–Crippen MR) is 85.6 cm³/mol. The summed E-state index contributed by atoms with van der Waals surface area (Å²) in [7, 11) is 0. The summed E-state index contributed by atoms with van der Waals surface area (Å²) in [4.78, 5) is 20.5. The molecule has 1 heterocycles. The lowest BCUT2D eigenvalue weighted by atomic mass is 10.1. The third kappa shape index (κ3) is 4.70. The lowest BCUT2D eigenvalue weighted by molar-refractivity contribution is 0.0966. The first-order valence-corrected chi connectivity index (χ1v) is 7.13. The molecule has 0 aliphatic carbocycles. The maximum absolute atomic E-state index is 12.2. The van der Waals surface area contributed by atoms with Crippen LogP contribution in [0, 0.1) is 6.92 Å². The van der Waals surface area contributed by atoms with E-state index in [4.69, 9.17) is 4.74 Å². The van der Waals surface area contributed by atoms with Gasteiger partial charge < -0.3 is 4.74 Å². The zero-order valence-electron chi connectivity index (χ0n) is 12.7. The Balaban J connectivity index is 2.04. The highest BCUT2D eigenvalue weighted by Gasteiger charge is 2.09. The van der Waals surface area contributed by atoms with E-state index >= 15 is 0 Å². The Morgan fingerprint density at radius 1 is 1.27 bits per heavy atom. The molecule has 114 valence electrons. The second-order valence-corrected chi connectivity index (χ2v) is 4.74. The first-order chi connectivity index (χ1) is 10.7. The fourth-order valence-corrected chi connectivity index (χ4v) is 1.79. The quantitative estimate of drug-likeness (QED) is 0.697. The Bertz CT molecular complexity index is 637. The van der Waals surface area contributed by atoms with Crippen LogP contribution in [0.4, 0.5) is 0 Å². The van der Waals surface area contributed by atoms with E-state index in [1.807, 2.05) is 38.1 Å². The number of aromatic nitrogens is 1. The number of amides is 1. The van der Waals surface area contributed by atoms with Gasteiger partial charge in [0.05, 0.1) is 13.2 Å². The summed E-state index contributed by atoms with van der Waals surface area (Å²) in [6.45, 7) is 4.65. The third-order valence-corrected chi connectivity index (χ3v) is 2.94. The number of amidine groups is 1. The molecule has 0 aliphatic heterocycles. The Morgan fingerprint density at radius 3 is 2.68 bits per heavy atom. The number of rotatable bonds is 4. The van der Waals surface area contributed by atoms with Crippen LogP contribution >= 0.6 is 0 Å². The monoisotopic (exact) mass is 297 g/mol. The molecule has 0 aliphatic rings. The summed E-state index contributed by atoms with van der Waals surface area (Å²) in [6.07, 6.45) is 3.44. The van der Waals surface area contributed by atoms with E-state index in [1.165, 1.54) is 0 Å². The van der Waals surface area contributed by atoms with Gasteiger partial charge >= 0.3 is 0 Å². The summed E-state index contributed by atoms with van der Waals surface area (Å²) in [5.74, 6) is -0.238. The highest BCUT2D eigenvalue weighted by Crippen LogP contribution is 2.03. The third-order valence-electron chi connectivity index (χ3n) is 2.94. The molecule has 22 heavy (non-hydrogen) atoms. The molecule has 1 aromatic heterocycles.